The molecule has 1 unspecified atom stereocenters. The molecular formula is C12H14N2O2. The molecule has 0 aliphatic heterocycles. The van der Waals surface area contributed by atoms with E-state index in [0.717, 1.165) is 16.8 Å². The Kier molecular flexibility index (Phi) is 3.22. The molecule has 0 aromatic carbocycles. The molecule has 2 rings (SSSR count). The molecule has 0 radical (unpaired) electrons. The first-order valence-corrected chi connectivity index (χ1v) is 5.13. The number of hydrogen-bond donors (Lipinski definition) is 2. The predicted octanol–water partition coefficient (Wildman–Crippen LogP) is 2.34. The highest BCUT2D eigenvalue weighted by molar-refractivity contribution is 5.50. The van der Waals surface area contributed by atoms with Gasteiger partial charge in [-0.2, -0.15) is 0 Å². The topological polar surface area (TPSA) is 58.3 Å². The predicted molar refractivity (Wildman–Crippen MR) is 60.9 cm³/mol. The van der Waals surface area contributed by atoms with E-state index in [0.29, 0.717) is 0 Å². The molecule has 1 atom stereocenters. The second-order valence-corrected chi connectivity index (χ2v) is 3.61. The van der Waals surface area contributed by atoms with Crippen molar-refractivity contribution in [1.29, 1.82) is 0 Å². The second kappa shape index (κ2) is 4.81. The molecule has 2 aromatic rings. The van der Waals surface area contributed by atoms with Crippen molar-refractivity contribution in [2.45, 2.75) is 19.6 Å². The van der Waals surface area contributed by atoms with Gasteiger partial charge in [-0.15, -0.1) is 0 Å². The van der Waals surface area contributed by atoms with Crippen LogP contribution in [0.3, 0.4) is 0 Å². The van der Waals surface area contributed by atoms with Gasteiger partial charge in [0, 0.05) is 17.3 Å². The maximum Gasteiger partial charge on any atom is 0.0955 e. The summed E-state index contributed by atoms with van der Waals surface area (Å²) < 4.78 is 5.02. The first kappa shape index (κ1) is 10.7. The minimum absolute atomic E-state index is 0.00294. The third kappa shape index (κ3) is 2.23. The molecule has 0 aliphatic carbocycles. The third-order valence-electron chi connectivity index (χ3n) is 2.50. The van der Waals surface area contributed by atoms with E-state index in [9.17, 15) is 5.11 Å². The van der Waals surface area contributed by atoms with Gasteiger partial charge in [0.2, 0.25) is 0 Å². The fourth-order valence-corrected chi connectivity index (χ4v) is 1.53. The van der Waals surface area contributed by atoms with Crippen LogP contribution >= 0.6 is 0 Å². The number of rotatable bonds is 4. The van der Waals surface area contributed by atoms with E-state index in [1.54, 1.807) is 31.0 Å². The fourth-order valence-electron chi connectivity index (χ4n) is 1.53. The number of aliphatic hydroxyl groups is 1. The van der Waals surface area contributed by atoms with Gasteiger partial charge in [0.25, 0.3) is 0 Å². The van der Waals surface area contributed by atoms with Crippen LogP contribution in [0.5, 0.6) is 0 Å². The summed E-state index contributed by atoms with van der Waals surface area (Å²) in [5.41, 5.74) is 2.75. The molecule has 2 N–H and O–H groups in total. The van der Waals surface area contributed by atoms with Crippen molar-refractivity contribution < 1.29 is 9.52 Å². The zero-order chi connectivity index (χ0) is 11.4. The average Bonchev–Trinajstić information content (AvgIpc) is 2.83. The van der Waals surface area contributed by atoms with E-state index in [1.807, 2.05) is 13.0 Å². The molecule has 0 aliphatic rings. The molecular weight excluding hydrogens is 204 g/mol. The van der Waals surface area contributed by atoms with Gasteiger partial charge in [-0.1, -0.05) is 0 Å². The van der Waals surface area contributed by atoms with Crippen LogP contribution in [-0.2, 0) is 6.61 Å². The highest BCUT2D eigenvalue weighted by Gasteiger charge is 2.08. The molecule has 0 amide bonds. The number of anilines is 1. The number of nitrogens with zero attached hydrogens (tertiary/aromatic N) is 1. The van der Waals surface area contributed by atoms with E-state index < -0.39 is 0 Å². The molecule has 0 bridgehead atoms. The van der Waals surface area contributed by atoms with Gasteiger partial charge in [0.15, 0.2) is 0 Å². The van der Waals surface area contributed by atoms with Crippen LogP contribution < -0.4 is 5.32 Å². The normalized spacial score (nSPS) is 12.4. The first-order valence-electron chi connectivity index (χ1n) is 5.13. The SMILES string of the molecule is CC(Nc1cnccc1CO)c1ccoc1. The van der Waals surface area contributed by atoms with Crippen molar-refractivity contribution in [3.8, 4) is 0 Å². The lowest BCUT2D eigenvalue weighted by atomic mass is 10.1. The molecule has 84 valence electrons. The summed E-state index contributed by atoms with van der Waals surface area (Å²) in [5, 5.41) is 12.5. The maximum atomic E-state index is 9.18. The second-order valence-electron chi connectivity index (χ2n) is 3.61. The number of furan rings is 1. The summed E-state index contributed by atoms with van der Waals surface area (Å²) in [6.45, 7) is 2.03. The van der Waals surface area contributed by atoms with Crippen LogP contribution in [0.1, 0.15) is 24.1 Å². The fraction of sp³-hybridized carbons (Fsp3) is 0.250. The van der Waals surface area contributed by atoms with Gasteiger partial charge in [0.05, 0.1) is 37.1 Å². The van der Waals surface area contributed by atoms with Crippen molar-refractivity contribution in [2.24, 2.45) is 0 Å². The van der Waals surface area contributed by atoms with Gasteiger partial charge >= 0.3 is 0 Å². The summed E-state index contributed by atoms with van der Waals surface area (Å²) in [6.07, 6.45) is 6.72. The minimum Gasteiger partial charge on any atom is -0.472 e. The lowest BCUT2D eigenvalue weighted by Crippen LogP contribution is -2.07. The van der Waals surface area contributed by atoms with Gasteiger partial charge in [0.1, 0.15) is 0 Å². The Labute approximate surface area is 93.9 Å². The van der Waals surface area contributed by atoms with E-state index >= 15 is 0 Å². The van der Waals surface area contributed by atoms with Crippen LogP contribution in [0.15, 0.2) is 41.5 Å². The Morgan fingerprint density at radius 2 is 2.38 bits per heavy atom. The van der Waals surface area contributed by atoms with Crippen LogP contribution in [-0.4, -0.2) is 10.1 Å². The monoisotopic (exact) mass is 218 g/mol. The Balaban J connectivity index is 2.14. The van der Waals surface area contributed by atoms with Crippen LogP contribution in [0.4, 0.5) is 5.69 Å². The quantitative estimate of drug-likeness (QED) is 0.827. The molecule has 16 heavy (non-hydrogen) atoms. The van der Waals surface area contributed by atoms with Crippen molar-refractivity contribution in [1.82, 2.24) is 4.98 Å². The van der Waals surface area contributed by atoms with Gasteiger partial charge < -0.3 is 14.8 Å². The maximum absolute atomic E-state index is 9.18. The molecule has 4 nitrogen and oxygen atoms in total. The zero-order valence-corrected chi connectivity index (χ0v) is 9.05. The smallest absolute Gasteiger partial charge is 0.0955 e. The van der Waals surface area contributed by atoms with E-state index in [2.05, 4.69) is 10.3 Å². The Morgan fingerprint density at radius 3 is 3.06 bits per heavy atom. The summed E-state index contributed by atoms with van der Waals surface area (Å²) in [5.74, 6) is 0. The van der Waals surface area contributed by atoms with Gasteiger partial charge in [-0.25, -0.2) is 0 Å². The number of aliphatic hydroxyl groups excluding tert-OH is 1. The number of pyridine rings is 1. The Morgan fingerprint density at radius 1 is 1.50 bits per heavy atom. The summed E-state index contributed by atoms with van der Waals surface area (Å²) >= 11 is 0. The molecule has 0 spiro atoms. The highest BCUT2D eigenvalue weighted by atomic mass is 16.3. The average molecular weight is 218 g/mol. The molecule has 0 saturated carbocycles. The molecule has 2 heterocycles. The first-order chi connectivity index (χ1) is 7.81. The van der Waals surface area contributed by atoms with Crippen molar-refractivity contribution in [2.75, 3.05) is 5.32 Å². The number of aromatic nitrogens is 1. The van der Waals surface area contributed by atoms with Crippen molar-refractivity contribution >= 4 is 5.69 Å². The lowest BCUT2D eigenvalue weighted by Gasteiger charge is -2.15. The Hall–Kier alpha value is -1.81. The molecule has 0 saturated heterocycles. The van der Waals surface area contributed by atoms with Crippen molar-refractivity contribution in [3.05, 3.63) is 48.2 Å². The number of nitrogens with one attached hydrogen (secondary N) is 1. The Bertz CT molecular complexity index is 440. The highest BCUT2D eigenvalue weighted by Crippen LogP contribution is 2.21. The number of hydrogen-bond acceptors (Lipinski definition) is 4. The van der Waals surface area contributed by atoms with Crippen molar-refractivity contribution in [3.63, 3.8) is 0 Å². The lowest BCUT2D eigenvalue weighted by molar-refractivity contribution is 0.282. The summed E-state index contributed by atoms with van der Waals surface area (Å²) in [6, 6.07) is 3.82. The van der Waals surface area contributed by atoms with E-state index in [-0.39, 0.29) is 12.6 Å². The summed E-state index contributed by atoms with van der Waals surface area (Å²) in [7, 11) is 0. The van der Waals surface area contributed by atoms with E-state index in [1.165, 1.54) is 0 Å². The molecule has 4 heteroatoms. The van der Waals surface area contributed by atoms with Crippen LogP contribution in [0.25, 0.3) is 0 Å². The van der Waals surface area contributed by atoms with Crippen LogP contribution in [0.2, 0.25) is 0 Å². The third-order valence-corrected chi connectivity index (χ3v) is 2.50. The minimum atomic E-state index is 0.00294. The summed E-state index contributed by atoms with van der Waals surface area (Å²) in [4.78, 5) is 4.03. The molecule has 0 fully saturated rings. The van der Waals surface area contributed by atoms with E-state index in [4.69, 9.17) is 4.42 Å². The standard InChI is InChI=1S/C12H14N2O2/c1-9(11-3-5-16-8-11)14-12-6-13-4-2-10(12)7-15/h2-6,8-9,14-15H,7H2,1H3. The molecule has 2 aromatic heterocycles. The largest absolute Gasteiger partial charge is 0.472 e. The van der Waals surface area contributed by atoms with Gasteiger partial charge in [-0.3, -0.25) is 4.98 Å². The van der Waals surface area contributed by atoms with Gasteiger partial charge in [-0.05, 0) is 19.1 Å². The zero-order valence-electron chi connectivity index (χ0n) is 9.05. The van der Waals surface area contributed by atoms with Crippen LogP contribution in [0, 0.1) is 0 Å².